The molecule has 0 aliphatic carbocycles. The molecule has 6 heteroatoms. The third-order valence-corrected chi connectivity index (χ3v) is 1.87. The Hall–Kier alpha value is -1.82. The highest BCUT2D eigenvalue weighted by molar-refractivity contribution is 5.22. The maximum Gasteiger partial charge on any atom is 0.146 e. The Bertz CT molecular complexity index is 413. The van der Waals surface area contributed by atoms with Crippen molar-refractivity contribution < 1.29 is 4.39 Å². The third kappa shape index (κ3) is 1.47. The number of aromatic amines is 1. The van der Waals surface area contributed by atoms with Gasteiger partial charge in [0.1, 0.15) is 18.0 Å². The summed E-state index contributed by atoms with van der Waals surface area (Å²) in [5.74, 6) is -0.0218. The molecule has 0 spiro atoms. The Morgan fingerprint density at radius 3 is 3.00 bits per heavy atom. The lowest BCUT2D eigenvalue weighted by Crippen LogP contribution is -2.15. The van der Waals surface area contributed by atoms with Crippen LogP contribution in [0, 0.1) is 5.82 Å². The molecule has 0 aromatic carbocycles. The monoisotopic (exact) mass is 193 g/mol. The van der Waals surface area contributed by atoms with Gasteiger partial charge in [-0.2, -0.15) is 5.10 Å². The molecule has 0 aliphatic heterocycles. The summed E-state index contributed by atoms with van der Waals surface area (Å²) < 4.78 is 13.2. The molecule has 14 heavy (non-hydrogen) atoms. The second kappa shape index (κ2) is 3.51. The van der Waals surface area contributed by atoms with Crippen molar-refractivity contribution in [3.05, 3.63) is 42.0 Å². The molecule has 2 aromatic rings. The SMILES string of the molecule is NC(c1ncn[nH]1)c1ccncc1F. The van der Waals surface area contributed by atoms with Crippen molar-refractivity contribution in [2.24, 2.45) is 5.73 Å². The lowest BCUT2D eigenvalue weighted by molar-refractivity contribution is 0.588. The molecule has 72 valence electrons. The van der Waals surface area contributed by atoms with Gasteiger partial charge in [-0.05, 0) is 6.07 Å². The van der Waals surface area contributed by atoms with Crippen LogP contribution in [0.15, 0.2) is 24.8 Å². The summed E-state index contributed by atoms with van der Waals surface area (Å²) in [5, 5.41) is 6.23. The van der Waals surface area contributed by atoms with Crippen molar-refractivity contribution in [3.8, 4) is 0 Å². The summed E-state index contributed by atoms with van der Waals surface area (Å²) in [7, 11) is 0. The molecular weight excluding hydrogens is 185 g/mol. The van der Waals surface area contributed by atoms with E-state index in [-0.39, 0.29) is 0 Å². The van der Waals surface area contributed by atoms with E-state index in [9.17, 15) is 4.39 Å². The lowest BCUT2D eigenvalue weighted by Gasteiger charge is -2.08. The van der Waals surface area contributed by atoms with Gasteiger partial charge in [0.25, 0.3) is 0 Å². The summed E-state index contributed by atoms with van der Waals surface area (Å²) in [4.78, 5) is 7.49. The van der Waals surface area contributed by atoms with E-state index in [1.165, 1.54) is 18.6 Å². The minimum absolute atomic E-state index is 0.344. The van der Waals surface area contributed by atoms with Crippen molar-refractivity contribution in [2.75, 3.05) is 0 Å². The normalized spacial score (nSPS) is 12.7. The number of H-pyrrole nitrogens is 1. The van der Waals surface area contributed by atoms with E-state index >= 15 is 0 Å². The summed E-state index contributed by atoms with van der Waals surface area (Å²) >= 11 is 0. The smallest absolute Gasteiger partial charge is 0.146 e. The molecule has 0 amide bonds. The predicted molar refractivity (Wildman–Crippen MR) is 46.6 cm³/mol. The highest BCUT2D eigenvalue weighted by atomic mass is 19.1. The summed E-state index contributed by atoms with van der Waals surface area (Å²) in [6, 6.07) is 0.878. The van der Waals surface area contributed by atoms with Gasteiger partial charge in [0, 0.05) is 11.8 Å². The number of pyridine rings is 1. The molecule has 0 bridgehead atoms. The van der Waals surface area contributed by atoms with Gasteiger partial charge in [-0.15, -0.1) is 0 Å². The third-order valence-electron chi connectivity index (χ3n) is 1.87. The van der Waals surface area contributed by atoms with Crippen LogP contribution in [0.4, 0.5) is 4.39 Å². The molecule has 1 atom stereocenters. The maximum atomic E-state index is 13.2. The number of rotatable bonds is 2. The van der Waals surface area contributed by atoms with Crippen molar-refractivity contribution in [1.29, 1.82) is 0 Å². The van der Waals surface area contributed by atoms with Gasteiger partial charge in [0.15, 0.2) is 0 Å². The molecule has 3 N–H and O–H groups in total. The second-order valence-corrected chi connectivity index (χ2v) is 2.75. The Labute approximate surface area is 79.2 Å². The topological polar surface area (TPSA) is 80.5 Å². The van der Waals surface area contributed by atoms with E-state index in [0.29, 0.717) is 11.4 Å². The standard InChI is InChI=1S/C8H8FN5/c9-6-3-11-2-1-5(6)7(10)8-12-4-13-14-8/h1-4,7H,10H2,(H,12,13,14). The molecule has 2 heterocycles. The number of nitrogens with one attached hydrogen (secondary N) is 1. The molecule has 0 saturated heterocycles. The first-order valence-corrected chi connectivity index (χ1v) is 3.99. The Morgan fingerprint density at radius 2 is 2.36 bits per heavy atom. The van der Waals surface area contributed by atoms with Gasteiger partial charge >= 0.3 is 0 Å². The fraction of sp³-hybridized carbons (Fsp3) is 0.125. The molecule has 2 rings (SSSR count). The van der Waals surface area contributed by atoms with Crippen LogP contribution in [0.2, 0.25) is 0 Å². The first-order valence-electron chi connectivity index (χ1n) is 3.99. The molecule has 0 fully saturated rings. The minimum atomic E-state index is -0.638. The largest absolute Gasteiger partial charge is 0.318 e. The van der Waals surface area contributed by atoms with Crippen LogP contribution in [-0.4, -0.2) is 20.2 Å². The quantitative estimate of drug-likeness (QED) is 0.722. The Kier molecular flexibility index (Phi) is 2.19. The lowest BCUT2D eigenvalue weighted by atomic mass is 10.1. The van der Waals surface area contributed by atoms with Crippen LogP contribution < -0.4 is 5.73 Å². The Morgan fingerprint density at radius 1 is 1.50 bits per heavy atom. The highest BCUT2D eigenvalue weighted by Gasteiger charge is 2.15. The van der Waals surface area contributed by atoms with Crippen LogP contribution in [0.25, 0.3) is 0 Å². The van der Waals surface area contributed by atoms with Gasteiger partial charge in [-0.25, -0.2) is 9.37 Å². The van der Waals surface area contributed by atoms with Gasteiger partial charge in [-0.3, -0.25) is 10.1 Å². The molecule has 0 saturated carbocycles. The van der Waals surface area contributed by atoms with E-state index in [4.69, 9.17) is 5.73 Å². The predicted octanol–water partition coefficient (Wildman–Crippen LogP) is 0.387. The second-order valence-electron chi connectivity index (χ2n) is 2.75. The van der Waals surface area contributed by atoms with E-state index < -0.39 is 11.9 Å². The number of nitrogens with zero attached hydrogens (tertiary/aromatic N) is 3. The Balaban J connectivity index is 2.37. The zero-order valence-electron chi connectivity index (χ0n) is 7.18. The molecule has 0 aliphatic rings. The zero-order valence-corrected chi connectivity index (χ0v) is 7.18. The van der Waals surface area contributed by atoms with E-state index in [1.807, 2.05) is 0 Å². The number of hydrogen-bond acceptors (Lipinski definition) is 4. The van der Waals surface area contributed by atoms with Crippen LogP contribution >= 0.6 is 0 Å². The summed E-state index contributed by atoms with van der Waals surface area (Å²) in [5.41, 5.74) is 6.10. The fourth-order valence-electron chi connectivity index (χ4n) is 1.15. The maximum absolute atomic E-state index is 13.2. The molecule has 5 nitrogen and oxygen atoms in total. The summed E-state index contributed by atoms with van der Waals surface area (Å²) in [6.45, 7) is 0. The van der Waals surface area contributed by atoms with Crippen molar-refractivity contribution >= 4 is 0 Å². The van der Waals surface area contributed by atoms with E-state index in [1.54, 1.807) is 0 Å². The van der Waals surface area contributed by atoms with Crippen LogP contribution in [0.5, 0.6) is 0 Å². The first-order chi connectivity index (χ1) is 6.79. The number of halogens is 1. The van der Waals surface area contributed by atoms with Gasteiger partial charge in [0.05, 0.1) is 12.2 Å². The molecule has 2 aromatic heterocycles. The van der Waals surface area contributed by atoms with Crippen molar-refractivity contribution in [1.82, 2.24) is 20.2 Å². The zero-order chi connectivity index (χ0) is 9.97. The minimum Gasteiger partial charge on any atom is -0.318 e. The number of aromatic nitrogens is 4. The van der Waals surface area contributed by atoms with Crippen LogP contribution in [0.3, 0.4) is 0 Å². The molecule has 1 unspecified atom stereocenters. The van der Waals surface area contributed by atoms with Gasteiger partial charge in [0.2, 0.25) is 0 Å². The van der Waals surface area contributed by atoms with Crippen LogP contribution in [0.1, 0.15) is 17.4 Å². The average molecular weight is 193 g/mol. The fourth-order valence-corrected chi connectivity index (χ4v) is 1.15. The van der Waals surface area contributed by atoms with Crippen LogP contribution in [-0.2, 0) is 0 Å². The highest BCUT2D eigenvalue weighted by Crippen LogP contribution is 2.17. The first kappa shape index (κ1) is 8.76. The van der Waals surface area contributed by atoms with E-state index in [0.717, 1.165) is 6.20 Å². The summed E-state index contributed by atoms with van der Waals surface area (Å²) in [6.07, 6.45) is 3.93. The van der Waals surface area contributed by atoms with E-state index in [2.05, 4.69) is 20.2 Å². The molecule has 0 radical (unpaired) electrons. The average Bonchev–Trinajstić information content (AvgIpc) is 2.70. The van der Waals surface area contributed by atoms with Crippen molar-refractivity contribution in [2.45, 2.75) is 6.04 Å². The molecular formula is C8H8FN5. The number of hydrogen-bond donors (Lipinski definition) is 2. The number of nitrogens with two attached hydrogens (primary N) is 1. The van der Waals surface area contributed by atoms with Crippen molar-refractivity contribution in [3.63, 3.8) is 0 Å². The van der Waals surface area contributed by atoms with Gasteiger partial charge in [-0.1, -0.05) is 0 Å². The van der Waals surface area contributed by atoms with Gasteiger partial charge < -0.3 is 5.73 Å².